The second-order valence-electron chi connectivity index (χ2n) is 3.56. The van der Waals surface area contributed by atoms with Crippen LogP contribution in [0.3, 0.4) is 0 Å². The van der Waals surface area contributed by atoms with E-state index in [9.17, 15) is 4.39 Å². The zero-order chi connectivity index (χ0) is 11.3. The third kappa shape index (κ3) is 2.93. The Morgan fingerprint density at radius 1 is 1.47 bits per heavy atom. The zero-order valence-electron chi connectivity index (χ0n) is 9.51. The third-order valence-electron chi connectivity index (χ3n) is 2.59. The van der Waals surface area contributed by atoms with Crippen LogP contribution in [0.2, 0.25) is 0 Å². The van der Waals surface area contributed by atoms with Gasteiger partial charge < -0.3 is 10.1 Å². The Balaban J connectivity index is 2.92. The molecule has 0 saturated heterocycles. The van der Waals surface area contributed by atoms with Crippen molar-refractivity contribution in [1.82, 2.24) is 5.32 Å². The predicted molar refractivity (Wildman–Crippen MR) is 59.9 cm³/mol. The molecule has 1 aromatic carbocycles. The monoisotopic (exact) mass is 211 g/mol. The molecular formula is C12H18FNO. The lowest BCUT2D eigenvalue weighted by Crippen LogP contribution is -2.16. The predicted octanol–water partition coefficient (Wildman–Crippen LogP) is 2.55. The standard InChI is InChI=1S/C12H18FNO/c1-4-9(8-14-2)10-5-6-11(13)12(7-10)15-3/h5-7,9,14H,4,8H2,1-3H3. The van der Waals surface area contributed by atoms with Crippen LogP contribution in [0, 0.1) is 5.82 Å². The van der Waals surface area contributed by atoms with Crippen LogP contribution >= 0.6 is 0 Å². The fraction of sp³-hybridized carbons (Fsp3) is 0.500. The molecule has 0 aliphatic heterocycles. The zero-order valence-corrected chi connectivity index (χ0v) is 9.51. The second kappa shape index (κ2) is 5.71. The topological polar surface area (TPSA) is 21.3 Å². The van der Waals surface area contributed by atoms with E-state index in [1.54, 1.807) is 6.07 Å². The summed E-state index contributed by atoms with van der Waals surface area (Å²) in [6.07, 6.45) is 1.02. The molecule has 0 bridgehead atoms. The Kier molecular flexibility index (Phi) is 4.56. The molecule has 0 amide bonds. The van der Waals surface area contributed by atoms with E-state index in [0.29, 0.717) is 11.7 Å². The summed E-state index contributed by atoms with van der Waals surface area (Å²) in [7, 11) is 3.41. The Labute approximate surface area is 90.4 Å². The van der Waals surface area contributed by atoms with Crippen molar-refractivity contribution in [3.05, 3.63) is 29.6 Å². The highest BCUT2D eigenvalue weighted by molar-refractivity contribution is 5.32. The molecule has 0 heterocycles. The van der Waals surface area contributed by atoms with Crippen molar-refractivity contribution in [3.8, 4) is 5.75 Å². The minimum atomic E-state index is -0.305. The molecule has 0 radical (unpaired) electrons. The van der Waals surface area contributed by atoms with Gasteiger partial charge in [-0.15, -0.1) is 0 Å². The van der Waals surface area contributed by atoms with Gasteiger partial charge in [-0.3, -0.25) is 0 Å². The lowest BCUT2D eigenvalue weighted by Gasteiger charge is -2.15. The second-order valence-corrected chi connectivity index (χ2v) is 3.56. The number of halogens is 1. The maximum atomic E-state index is 13.2. The lowest BCUT2D eigenvalue weighted by atomic mass is 9.96. The maximum absolute atomic E-state index is 13.2. The summed E-state index contributed by atoms with van der Waals surface area (Å²) in [6, 6.07) is 5.07. The Morgan fingerprint density at radius 3 is 2.73 bits per heavy atom. The average Bonchev–Trinajstić information content (AvgIpc) is 2.27. The van der Waals surface area contributed by atoms with Crippen LogP contribution in [0.1, 0.15) is 24.8 Å². The van der Waals surface area contributed by atoms with Gasteiger partial charge in [0.05, 0.1) is 7.11 Å². The molecule has 0 saturated carbocycles. The first kappa shape index (κ1) is 12.0. The lowest BCUT2D eigenvalue weighted by molar-refractivity contribution is 0.385. The number of ether oxygens (including phenoxy) is 1. The molecule has 15 heavy (non-hydrogen) atoms. The average molecular weight is 211 g/mol. The van der Waals surface area contributed by atoms with Gasteiger partial charge in [-0.1, -0.05) is 13.0 Å². The summed E-state index contributed by atoms with van der Waals surface area (Å²) in [5.74, 6) is 0.423. The molecule has 1 atom stereocenters. The van der Waals surface area contributed by atoms with Crippen LogP contribution in [0.5, 0.6) is 5.75 Å². The van der Waals surface area contributed by atoms with Gasteiger partial charge >= 0.3 is 0 Å². The highest BCUT2D eigenvalue weighted by Crippen LogP contribution is 2.25. The van der Waals surface area contributed by atoms with Crippen LogP contribution in [-0.4, -0.2) is 20.7 Å². The molecule has 1 aromatic rings. The number of benzene rings is 1. The third-order valence-corrected chi connectivity index (χ3v) is 2.59. The van der Waals surface area contributed by atoms with Crippen molar-refractivity contribution < 1.29 is 9.13 Å². The molecule has 2 nitrogen and oxygen atoms in total. The van der Waals surface area contributed by atoms with E-state index in [1.165, 1.54) is 13.2 Å². The molecule has 0 aromatic heterocycles. The Morgan fingerprint density at radius 2 is 2.20 bits per heavy atom. The van der Waals surface area contributed by atoms with E-state index < -0.39 is 0 Å². The molecule has 0 fully saturated rings. The van der Waals surface area contributed by atoms with Gasteiger partial charge in [0.25, 0.3) is 0 Å². The van der Waals surface area contributed by atoms with Crippen molar-refractivity contribution >= 4 is 0 Å². The molecule has 0 aliphatic rings. The van der Waals surface area contributed by atoms with Gasteiger partial charge in [0.15, 0.2) is 11.6 Å². The summed E-state index contributed by atoms with van der Waals surface area (Å²) in [5.41, 5.74) is 1.12. The van der Waals surface area contributed by atoms with E-state index >= 15 is 0 Å². The maximum Gasteiger partial charge on any atom is 0.165 e. The molecule has 0 spiro atoms. The van der Waals surface area contributed by atoms with Gasteiger partial charge in [-0.05, 0) is 37.1 Å². The molecule has 84 valence electrons. The van der Waals surface area contributed by atoms with Crippen LogP contribution < -0.4 is 10.1 Å². The number of rotatable bonds is 5. The first-order valence-corrected chi connectivity index (χ1v) is 5.21. The molecular weight excluding hydrogens is 193 g/mol. The Hall–Kier alpha value is -1.09. The van der Waals surface area contributed by atoms with Crippen LogP contribution in [-0.2, 0) is 0 Å². The number of likely N-dealkylation sites (N-methyl/N-ethyl adjacent to an activating group) is 1. The molecule has 1 rings (SSSR count). The minimum absolute atomic E-state index is 0.305. The summed E-state index contributed by atoms with van der Waals surface area (Å²) >= 11 is 0. The van der Waals surface area contributed by atoms with Crippen molar-refractivity contribution in [2.45, 2.75) is 19.3 Å². The summed E-state index contributed by atoms with van der Waals surface area (Å²) in [4.78, 5) is 0. The van der Waals surface area contributed by atoms with Crippen molar-refractivity contribution in [2.24, 2.45) is 0 Å². The van der Waals surface area contributed by atoms with E-state index in [1.807, 2.05) is 13.1 Å². The first-order valence-electron chi connectivity index (χ1n) is 5.21. The molecule has 1 N–H and O–H groups in total. The van der Waals surface area contributed by atoms with Crippen LogP contribution in [0.25, 0.3) is 0 Å². The largest absolute Gasteiger partial charge is 0.494 e. The van der Waals surface area contributed by atoms with Crippen molar-refractivity contribution in [3.63, 3.8) is 0 Å². The number of methoxy groups -OCH3 is 1. The van der Waals surface area contributed by atoms with E-state index in [2.05, 4.69) is 12.2 Å². The fourth-order valence-electron chi connectivity index (χ4n) is 1.67. The van der Waals surface area contributed by atoms with E-state index in [4.69, 9.17) is 4.74 Å². The van der Waals surface area contributed by atoms with Crippen LogP contribution in [0.15, 0.2) is 18.2 Å². The smallest absolute Gasteiger partial charge is 0.165 e. The highest BCUT2D eigenvalue weighted by Gasteiger charge is 2.11. The normalized spacial score (nSPS) is 12.5. The quantitative estimate of drug-likeness (QED) is 0.808. The van der Waals surface area contributed by atoms with Gasteiger partial charge in [0.2, 0.25) is 0 Å². The Bertz CT molecular complexity index is 314. The van der Waals surface area contributed by atoms with Crippen LogP contribution in [0.4, 0.5) is 4.39 Å². The fourth-order valence-corrected chi connectivity index (χ4v) is 1.67. The summed E-state index contributed by atoms with van der Waals surface area (Å²) in [6.45, 7) is 3.02. The molecule has 3 heteroatoms. The summed E-state index contributed by atoms with van der Waals surface area (Å²) < 4.78 is 18.1. The first-order chi connectivity index (χ1) is 7.22. The van der Waals surface area contributed by atoms with Gasteiger partial charge in [0, 0.05) is 6.54 Å². The molecule has 0 aliphatic carbocycles. The summed E-state index contributed by atoms with van der Waals surface area (Å²) in [5, 5.41) is 3.13. The number of hydrogen-bond donors (Lipinski definition) is 1. The van der Waals surface area contributed by atoms with Gasteiger partial charge in [-0.25, -0.2) is 4.39 Å². The molecule has 1 unspecified atom stereocenters. The highest BCUT2D eigenvalue weighted by atomic mass is 19.1. The SMILES string of the molecule is CCC(CNC)c1ccc(F)c(OC)c1. The number of nitrogens with one attached hydrogen (secondary N) is 1. The van der Waals surface area contributed by atoms with Gasteiger partial charge in [-0.2, -0.15) is 0 Å². The van der Waals surface area contributed by atoms with E-state index in [-0.39, 0.29) is 5.82 Å². The van der Waals surface area contributed by atoms with Gasteiger partial charge in [0.1, 0.15) is 0 Å². The van der Waals surface area contributed by atoms with Crippen molar-refractivity contribution in [2.75, 3.05) is 20.7 Å². The van der Waals surface area contributed by atoms with E-state index in [0.717, 1.165) is 18.5 Å². The minimum Gasteiger partial charge on any atom is -0.494 e. The number of hydrogen-bond acceptors (Lipinski definition) is 2. The van der Waals surface area contributed by atoms with Crippen molar-refractivity contribution in [1.29, 1.82) is 0 Å².